The van der Waals surface area contributed by atoms with Crippen molar-refractivity contribution in [3.63, 3.8) is 0 Å². The molecule has 0 bridgehead atoms. The van der Waals surface area contributed by atoms with Crippen molar-refractivity contribution in [1.82, 2.24) is 9.97 Å². The minimum Gasteiger partial charge on any atom is -0.494 e. The molecule has 1 unspecified atom stereocenters. The van der Waals surface area contributed by atoms with Crippen LogP contribution in [0.5, 0.6) is 17.2 Å². The predicted molar refractivity (Wildman–Crippen MR) is 104 cm³/mol. The highest BCUT2D eigenvalue weighted by Crippen LogP contribution is 2.25. The Balaban J connectivity index is 1.65. The van der Waals surface area contributed by atoms with E-state index in [1.807, 2.05) is 36.4 Å². The molecule has 2 aromatic carbocycles. The quantitative estimate of drug-likeness (QED) is 0.563. The molecule has 0 aliphatic heterocycles. The first kappa shape index (κ1) is 17.9. The third kappa shape index (κ3) is 4.60. The fourth-order valence-corrected chi connectivity index (χ4v) is 2.62. The second-order valence-electron chi connectivity index (χ2n) is 6.43. The molecule has 0 amide bonds. The zero-order valence-electron chi connectivity index (χ0n) is 15.5. The Hall–Kier alpha value is -2.88. The Morgan fingerprint density at radius 3 is 1.96 bits per heavy atom. The van der Waals surface area contributed by atoms with Gasteiger partial charge < -0.3 is 9.47 Å². The van der Waals surface area contributed by atoms with E-state index in [4.69, 9.17) is 9.47 Å². The molecule has 3 aromatic rings. The van der Waals surface area contributed by atoms with Crippen LogP contribution in [0.4, 0.5) is 0 Å². The third-order valence-corrected chi connectivity index (χ3v) is 4.42. The van der Waals surface area contributed by atoms with Crippen LogP contribution in [-0.4, -0.2) is 17.1 Å². The number of hydrogen-bond donors (Lipinski definition) is 0. The summed E-state index contributed by atoms with van der Waals surface area (Å²) in [5, 5.41) is 0. The maximum absolute atomic E-state index is 5.93. The Bertz CT molecular complexity index is 812. The van der Waals surface area contributed by atoms with Gasteiger partial charge in [-0.15, -0.1) is 0 Å². The van der Waals surface area contributed by atoms with E-state index in [1.165, 1.54) is 12.0 Å². The molecule has 1 heterocycles. The molecule has 0 spiro atoms. The summed E-state index contributed by atoms with van der Waals surface area (Å²) in [4.78, 5) is 8.59. The summed E-state index contributed by atoms with van der Waals surface area (Å²) in [5.41, 5.74) is 2.28. The van der Waals surface area contributed by atoms with Crippen molar-refractivity contribution >= 4 is 0 Å². The highest BCUT2D eigenvalue weighted by Gasteiger charge is 2.05. The number of nitrogens with zero attached hydrogens (tertiary/aromatic N) is 2. The second kappa shape index (κ2) is 8.48. The van der Waals surface area contributed by atoms with Crippen LogP contribution in [0.15, 0.2) is 60.9 Å². The first-order valence-electron chi connectivity index (χ1n) is 8.91. The first-order chi connectivity index (χ1) is 12.7. The molecule has 1 aromatic heterocycles. The Morgan fingerprint density at radius 2 is 1.42 bits per heavy atom. The van der Waals surface area contributed by atoms with Crippen LogP contribution >= 0.6 is 0 Å². The third-order valence-electron chi connectivity index (χ3n) is 4.42. The molecular weight excluding hydrogens is 324 g/mol. The van der Waals surface area contributed by atoms with Crippen molar-refractivity contribution in [3.05, 3.63) is 66.5 Å². The summed E-state index contributed by atoms with van der Waals surface area (Å²) in [5.74, 6) is 3.63. The number of hydrogen-bond acceptors (Lipinski definition) is 4. The van der Waals surface area contributed by atoms with E-state index < -0.39 is 0 Å². The van der Waals surface area contributed by atoms with Crippen molar-refractivity contribution < 1.29 is 9.47 Å². The molecule has 3 rings (SSSR count). The van der Waals surface area contributed by atoms with Gasteiger partial charge in [0.25, 0.3) is 0 Å². The van der Waals surface area contributed by atoms with Gasteiger partial charge in [-0.25, -0.2) is 9.97 Å². The van der Waals surface area contributed by atoms with Gasteiger partial charge in [-0.05, 0) is 54.3 Å². The average Bonchev–Trinajstić information content (AvgIpc) is 2.70. The lowest BCUT2D eigenvalue weighted by Gasteiger charge is -2.10. The molecule has 0 N–H and O–H groups in total. The van der Waals surface area contributed by atoms with Gasteiger partial charge >= 0.3 is 0 Å². The number of benzene rings is 2. The summed E-state index contributed by atoms with van der Waals surface area (Å²) >= 11 is 0. The van der Waals surface area contributed by atoms with Crippen LogP contribution in [-0.2, 0) is 6.42 Å². The SMILES string of the molecule is CCC(C)Cc1ccc(Oc2ccc(-c3ncc(OC)cn3)cc2)cc1. The van der Waals surface area contributed by atoms with Gasteiger partial charge in [0, 0.05) is 5.56 Å². The summed E-state index contributed by atoms with van der Waals surface area (Å²) in [6, 6.07) is 16.1. The predicted octanol–water partition coefficient (Wildman–Crippen LogP) is 5.53. The van der Waals surface area contributed by atoms with Gasteiger partial charge in [-0.3, -0.25) is 0 Å². The van der Waals surface area contributed by atoms with Crippen LogP contribution in [0.2, 0.25) is 0 Å². The van der Waals surface area contributed by atoms with E-state index in [0.29, 0.717) is 17.5 Å². The van der Waals surface area contributed by atoms with E-state index in [2.05, 4.69) is 35.9 Å². The van der Waals surface area contributed by atoms with Crippen molar-refractivity contribution in [2.75, 3.05) is 7.11 Å². The second-order valence-corrected chi connectivity index (χ2v) is 6.43. The smallest absolute Gasteiger partial charge is 0.159 e. The molecule has 0 aliphatic carbocycles. The maximum atomic E-state index is 5.93. The van der Waals surface area contributed by atoms with E-state index in [1.54, 1.807) is 19.5 Å². The van der Waals surface area contributed by atoms with Crippen LogP contribution in [0.3, 0.4) is 0 Å². The lowest BCUT2D eigenvalue weighted by molar-refractivity contribution is 0.411. The van der Waals surface area contributed by atoms with E-state index >= 15 is 0 Å². The number of ether oxygens (including phenoxy) is 2. The Morgan fingerprint density at radius 1 is 0.846 bits per heavy atom. The lowest BCUT2D eigenvalue weighted by atomic mass is 9.99. The fraction of sp³-hybridized carbons (Fsp3) is 0.273. The molecule has 0 fully saturated rings. The summed E-state index contributed by atoms with van der Waals surface area (Å²) in [7, 11) is 1.60. The topological polar surface area (TPSA) is 44.2 Å². The van der Waals surface area contributed by atoms with Crippen molar-refractivity contribution in [3.8, 4) is 28.6 Å². The zero-order chi connectivity index (χ0) is 18.4. The van der Waals surface area contributed by atoms with Gasteiger partial charge in [0.2, 0.25) is 0 Å². The van der Waals surface area contributed by atoms with Gasteiger partial charge in [0.05, 0.1) is 19.5 Å². The lowest BCUT2D eigenvalue weighted by Crippen LogP contribution is -1.97. The van der Waals surface area contributed by atoms with Crippen molar-refractivity contribution in [1.29, 1.82) is 0 Å². The molecular formula is C22H24N2O2. The normalized spacial score (nSPS) is 11.8. The summed E-state index contributed by atoms with van der Waals surface area (Å²) < 4.78 is 11.0. The summed E-state index contributed by atoms with van der Waals surface area (Å²) in [6.45, 7) is 4.50. The van der Waals surface area contributed by atoms with Gasteiger partial charge in [0.15, 0.2) is 11.6 Å². The molecule has 134 valence electrons. The largest absolute Gasteiger partial charge is 0.494 e. The van der Waals surface area contributed by atoms with E-state index in [-0.39, 0.29) is 0 Å². The van der Waals surface area contributed by atoms with Gasteiger partial charge in [0.1, 0.15) is 11.5 Å². The average molecular weight is 348 g/mol. The van der Waals surface area contributed by atoms with Gasteiger partial charge in [-0.2, -0.15) is 0 Å². The van der Waals surface area contributed by atoms with E-state index in [0.717, 1.165) is 23.5 Å². The van der Waals surface area contributed by atoms with Crippen LogP contribution < -0.4 is 9.47 Å². The highest BCUT2D eigenvalue weighted by molar-refractivity contribution is 5.56. The summed E-state index contributed by atoms with van der Waals surface area (Å²) in [6.07, 6.45) is 5.62. The number of aromatic nitrogens is 2. The maximum Gasteiger partial charge on any atom is 0.159 e. The molecule has 4 nitrogen and oxygen atoms in total. The molecule has 0 saturated carbocycles. The molecule has 26 heavy (non-hydrogen) atoms. The molecule has 0 aliphatic rings. The van der Waals surface area contributed by atoms with Crippen LogP contribution in [0.25, 0.3) is 11.4 Å². The molecule has 1 atom stereocenters. The van der Waals surface area contributed by atoms with Crippen LogP contribution in [0, 0.1) is 5.92 Å². The first-order valence-corrected chi connectivity index (χ1v) is 8.91. The Labute approximate surface area is 154 Å². The molecule has 0 saturated heterocycles. The monoisotopic (exact) mass is 348 g/mol. The highest BCUT2D eigenvalue weighted by atomic mass is 16.5. The number of rotatable bonds is 7. The zero-order valence-corrected chi connectivity index (χ0v) is 15.5. The van der Waals surface area contributed by atoms with Crippen molar-refractivity contribution in [2.24, 2.45) is 5.92 Å². The number of methoxy groups -OCH3 is 1. The molecule has 4 heteroatoms. The Kier molecular flexibility index (Phi) is 5.84. The minimum absolute atomic E-state index is 0.644. The molecule has 0 radical (unpaired) electrons. The van der Waals surface area contributed by atoms with Crippen LogP contribution in [0.1, 0.15) is 25.8 Å². The van der Waals surface area contributed by atoms with Crippen molar-refractivity contribution in [2.45, 2.75) is 26.7 Å². The van der Waals surface area contributed by atoms with Gasteiger partial charge in [-0.1, -0.05) is 32.4 Å². The van der Waals surface area contributed by atoms with E-state index in [9.17, 15) is 0 Å². The standard InChI is InChI=1S/C22H24N2O2/c1-4-16(2)13-17-5-9-19(10-6-17)26-20-11-7-18(8-12-20)22-23-14-21(25-3)15-24-22/h5-12,14-16H,4,13H2,1-3H3. The fourth-order valence-electron chi connectivity index (χ4n) is 2.62. The minimum atomic E-state index is 0.644.